The van der Waals surface area contributed by atoms with Gasteiger partial charge in [0.25, 0.3) is 0 Å². The molecule has 6 nitrogen and oxygen atoms in total. The van der Waals surface area contributed by atoms with Crippen LogP contribution in [0.25, 0.3) is 0 Å². The highest BCUT2D eigenvalue weighted by Crippen LogP contribution is 2.28. The van der Waals surface area contributed by atoms with E-state index in [1.54, 1.807) is 20.3 Å². The normalized spacial score (nSPS) is 19.6. The van der Waals surface area contributed by atoms with Crippen molar-refractivity contribution in [1.82, 2.24) is 5.32 Å². The van der Waals surface area contributed by atoms with Crippen molar-refractivity contribution >= 4 is 11.9 Å². The lowest BCUT2D eigenvalue weighted by molar-refractivity contribution is -0.313. The summed E-state index contributed by atoms with van der Waals surface area (Å²) in [7, 11) is 3.14. The number of ether oxygens (including phenoxy) is 2. The summed E-state index contributed by atoms with van der Waals surface area (Å²) >= 11 is 0. The van der Waals surface area contributed by atoms with Crippen LogP contribution in [0.2, 0.25) is 0 Å². The summed E-state index contributed by atoms with van der Waals surface area (Å²) in [6.45, 7) is 0.425. The van der Waals surface area contributed by atoms with E-state index in [1.165, 1.54) is 0 Å². The van der Waals surface area contributed by atoms with E-state index in [-0.39, 0.29) is 5.91 Å². The number of hydrogen-bond donors (Lipinski definition) is 1. The van der Waals surface area contributed by atoms with Crippen LogP contribution in [0, 0.1) is 11.8 Å². The van der Waals surface area contributed by atoms with E-state index in [9.17, 15) is 14.7 Å². The van der Waals surface area contributed by atoms with Crippen LogP contribution in [0.1, 0.15) is 18.4 Å². The maximum absolute atomic E-state index is 12.2. The van der Waals surface area contributed by atoms with E-state index in [0.717, 1.165) is 5.56 Å². The van der Waals surface area contributed by atoms with Gasteiger partial charge in [0.1, 0.15) is 0 Å². The molecule has 0 bridgehead atoms. The summed E-state index contributed by atoms with van der Waals surface area (Å²) in [6.07, 6.45) is 5.02. The van der Waals surface area contributed by atoms with Gasteiger partial charge in [-0.3, -0.25) is 4.79 Å². The Labute approximate surface area is 141 Å². The van der Waals surface area contributed by atoms with Gasteiger partial charge >= 0.3 is 0 Å². The van der Waals surface area contributed by atoms with E-state index in [1.807, 2.05) is 24.3 Å². The van der Waals surface area contributed by atoms with Crippen LogP contribution < -0.4 is 19.9 Å². The molecule has 0 spiro atoms. The number of amides is 1. The number of carbonyl (C=O) groups is 2. The highest BCUT2D eigenvalue weighted by atomic mass is 16.5. The van der Waals surface area contributed by atoms with Gasteiger partial charge in [-0.15, -0.1) is 0 Å². The Hall–Kier alpha value is -2.50. The summed E-state index contributed by atoms with van der Waals surface area (Å²) < 4.78 is 10.4. The molecule has 1 N–H and O–H groups in total. The van der Waals surface area contributed by atoms with E-state index in [2.05, 4.69) is 5.32 Å². The second-order valence-corrected chi connectivity index (χ2v) is 5.71. The first-order chi connectivity index (χ1) is 11.6. The maximum atomic E-state index is 12.2. The number of carboxylic acids is 1. The Morgan fingerprint density at radius 2 is 1.79 bits per heavy atom. The van der Waals surface area contributed by atoms with Gasteiger partial charge in [0.05, 0.1) is 14.2 Å². The molecule has 0 aliphatic heterocycles. The molecular weight excluding hydrogens is 310 g/mol. The number of allylic oxidation sites excluding steroid dienone is 2. The Balaban J connectivity index is 1.90. The highest BCUT2D eigenvalue weighted by Gasteiger charge is 2.29. The zero-order valence-corrected chi connectivity index (χ0v) is 13.9. The minimum Gasteiger partial charge on any atom is -0.550 e. The zero-order valence-electron chi connectivity index (χ0n) is 13.9. The van der Waals surface area contributed by atoms with Crippen LogP contribution >= 0.6 is 0 Å². The molecule has 0 unspecified atom stereocenters. The lowest BCUT2D eigenvalue weighted by atomic mass is 9.82. The summed E-state index contributed by atoms with van der Waals surface area (Å²) in [5.74, 6) is -1.44. The number of hydrogen-bond acceptors (Lipinski definition) is 5. The summed E-state index contributed by atoms with van der Waals surface area (Å²) in [5.41, 5.74) is 0.993. The van der Waals surface area contributed by atoms with Gasteiger partial charge in [-0.25, -0.2) is 0 Å². The van der Waals surface area contributed by atoms with Crippen LogP contribution in [-0.2, 0) is 16.0 Å². The fraction of sp³-hybridized carbons (Fsp3) is 0.444. The summed E-state index contributed by atoms with van der Waals surface area (Å²) in [6, 6.07) is 5.58. The van der Waals surface area contributed by atoms with Crippen LogP contribution in [0.4, 0.5) is 0 Å². The van der Waals surface area contributed by atoms with Gasteiger partial charge in [0.2, 0.25) is 5.91 Å². The average molecular weight is 332 g/mol. The molecule has 24 heavy (non-hydrogen) atoms. The van der Waals surface area contributed by atoms with Crippen LogP contribution in [-0.4, -0.2) is 32.6 Å². The molecule has 0 aromatic heterocycles. The molecule has 1 aliphatic rings. The van der Waals surface area contributed by atoms with Crippen molar-refractivity contribution in [1.29, 1.82) is 0 Å². The van der Waals surface area contributed by atoms with Crippen molar-refractivity contribution in [2.75, 3.05) is 20.8 Å². The fourth-order valence-corrected chi connectivity index (χ4v) is 2.86. The SMILES string of the molecule is COc1ccc(CCNC(=O)[C@H]2CC=CC[C@@H]2C(=O)[O-])cc1OC. The van der Waals surface area contributed by atoms with Crippen molar-refractivity contribution in [3.8, 4) is 11.5 Å². The molecule has 1 amide bonds. The van der Waals surface area contributed by atoms with Crippen LogP contribution in [0.3, 0.4) is 0 Å². The summed E-state index contributed by atoms with van der Waals surface area (Å²) in [4.78, 5) is 23.4. The van der Waals surface area contributed by atoms with Crippen molar-refractivity contribution in [3.05, 3.63) is 35.9 Å². The van der Waals surface area contributed by atoms with Crippen LogP contribution in [0.15, 0.2) is 30.4 Å². The first-order valence-electron chi connectivity index (χ1n) is 7.91. The Morgan fingerprint density at radius 1 is 1.12 bits per heavy atom. The first kappa shape index (κ1) is 17.8. The van der Waals surface area contributed by atoms with Gasteiger partial charge in [-0.05, 0) is 37.0 Å². The molecule has 2 atom stereocenters. The molecule has 0 saturated carbocycles. The quantitative estimate of drug-likeness (QED) is 0.743. The third-order valence-corrected chi connectivity index (χ3v) is 4.23. The van der Waals surface area contributed by atoms with Gasteiger partial charge in [-0.2, -0.15) is 0 Å². The topological polar surface area (TPSA) is 87.7 Å². The molecule has 6 heteroatoms. The molecule has 130 valence electrons. The third-order valence-electron chi connectivity index (χ3n) is 4.23. The van der Waals surface area contributed by atoms with E-state index in [0.29, 0.717) is 37.3 Å². The van der Waals surface area contributed by atoms with Gasteiger partial charge in [-0.1, -0.05) is 18.2 Å². The monoisotopic (exact) mass is 332 g/mol. The second-order valence-electron chi connectivity index (χ2n) is 5.71. The maximum Gasteiger partial charge on any atom is 0.224 e. The highest BCUT2D eigenvalue weighted by molar-refractivity contribution is 5.84. The lowest BCUT2D eigenvalue weighted by Crippen LogP contribution is -2.44. The Morgan fingerprint density at radius 3 is 2.42 bits per heavy atom. The molecule has 1 aromatic carbocycles. The number of nitrogens with one attached hydrogen (secondary N) is 1. The Kier molecular flexibility index (Phi) is 6.23. The van der Waals surface area contributed by atoms with Crippen molar-refractivity contribution in [2.24, 2.45) is 11.8 Å². The Bertz CT molecular complexity index is 626. The molecule has 0 fully saturated rings. The van der Waals surface area contributed by atoms with Crippen molar-refractivity contribution in [3.63, 3.8) is 0 Å². The van der Waals surface area contributed by atoms with Crippen molar-refractivity contribution in [2.45, 2.75) is 19.3 Å². The number of carbonyl (C=O) groups excluding carboxylic acids is 2. The van der Waals surface area contributed by atoms with Crippen LogP contribution in [0.5, 0.6) is 11.5 Å². The minimum absolute atomic E-state index is 0.242. The number of rotatable bonds is 7. The lowest BCUT2D eigenvalue weighted by Gasteiger charge is -2.28. The molecule has 0 saturated heterocycles. The molecule has 1 aliphatic carbocycles. The average Bonchev–Trinajstić information content (AvgIpc) is 2.61. The number of benzene rings is 1. The first-order valence-corrected chi connectivity index (χ1v) is 7.91. The predicted molar refractivity (Wildman–Crippen MR) is 86.6 cm³/mol. The summed E-state index contributed by atoms with van der Waals surface area (Å²) in [5, 5.41) is 14.0. The third kappa shape index (κ3) is 4.28. The molecule has 0 heterocycles. The molecule has 2 rings (SSSR count). The molecular formula is C18H22NO5-. The van der Waals surface area contributed by atoms with Gasteiger partial charge < -0.3 is 24.7 Å². The van der Waals surface area contributed by atoms with E-state index < -0.39 is 17.8 Å². The fourth-order valence-electron chi connectivity index (χ4n) is 2.86. The van der Waals surface area contributed by atoms with Gasteiger partial charge in [0.15, 0.2) is 11.5 Å². The van der Waals surface area contributed by atoms with Crippen molar-refractivity contribution < 1.29 is 24.2 Å². The van der Waals surface area contributed by atoms with E-state index in [4.69, 9.17) is 9.47 Å². The second kappa shape index (κ2) is 8.38. The number of methoxy groups -OCH3 is 2. The largest absolute Gasteiger partial charge is 0.550 e. The molecule has 1 aromatic rings. The molecule has 0 radical (unpaired) electrons. The smallest absolute Gasteiger partial charge is 0.224 e. The van der Waals surface area contributed by atoms with E-state index >= 15 is 0 Å². The number of carboxylic acid groups (broad SMARTS) is 1. The standard InChI is InChI=1S/C18H23NO5/c1-23-15-8-7-12(11-16(15)24-2)9-10-19-17(20)13-5-3-4-6-14(13)18(21)22/h3-4,7-8,11,13-14H,5-6,9-10H2,1-2H3,(H,19,20)(H,21,22)/p-1/t13-,14-/m0/s1. The zero-order chi connectivity index (χ0) is 17.5. The number of aliphatic carboxylic acids is 1. The predicted octanol–water partition coefficient (Wildman–Crippen LogP) is 0.695. The van der Waals surface area contributed by atoms with Gasteiger partial charge in [0, 0.05) is 24.3 Å². The minimum atomic E-state index is -1.17.